The lowest BCUT2D eigenvalue weighted by Gasteiger charge is -2.28. The highest BCUT2D eigenvalue weighted by Crippen LogP contribution is 2.36. The summed E-state index contributed by atoms with van der Waals surface area (Å²) in [6, 6.07) is 2.77. The second-order valence-corrected chi connectivity index (χ2v) is 11.1. The van der Waals surface area contributed by atoms with Crippen LogP contribution in [0.1, 0.15) is 80.2 Å². The molecule has 3 unspecified atom stereocenters. The third-order valence-electron chi connectivity index (χ3n) is 5.31. The van der Waals surface area contributed by atoms with E-state index in [4.69, 9.17) is 29.4 Å². The van der Waals surface area contributed by atoms with E-state index in [9.17, 15) is 24.3 Å². The van der Waals surface area contributed by atoms with E-state index in [0.717, 1.165) is 0 Å². The van der Waals surface area contributed by atoms with Crippen molar-refractivity contribution in [2.75, 3.05) is 6.61 Å². The first-order chi connectivity index (χ1) is 17.3. The molecule has 0 spiro atoms. The molecule has 0 fully saturated rings. The molecule has 0 radical (unpaired) electrons. The number of rotatable bonds is 10. The standard InChI is InChI=1S/C27H41NO10/c1-10-15(2)23(31)34-14-16(3)20(21(28)22(29)30)17-11-12-18(35-24(32)37-26(4,5)6)19(13-17)36-25(33)38-27(7,8)9/h11-13,15-16,20-21H,10,14,28H2,1-9H3,(H,29,30)/t15?,16?,20?,21-/m0/s1. The van der Waals surface area contributed by atoms with Gasteiger partial charge in [-0.15, -0.1) is 0 Å². The van der Waals surface area contributed by atoms with Crippen molar-refractivity contribution in [1.29, 1.82) is 0 Å². The number of esters is 1. The number of carboxylic acid groups (broad SMARTS) is 1. The maximum atomic E-state index is 12.4. The molecule has 1 aromatic rings. The van der Waals surface area contributed by atoms with Crippen LogP contribution in [-0.4, -0.2) is 53.2 Å². The highest BCUT2D eigenvalue weighted by atomic mass is 16.8. The highest BCUT2D eigenvalue weighted by Gasteiger charge is 2.33. The number of carbonyl (C=O) groups excluding carboxylic acids is 3. The molecule has 1 rings (SSSR count). The molecule has 0 heterocycles. The molecule has 0 aromatic heterocycles. The predicted octanol–water partition coefficient (Wildman–Crippen LogP) is 5.04. The molecule has 0 saturated carbocycles. The first kappa shape index (κ1) is 32.7. The SMILES string of the molecule is CCC(C)C(=O)OCC(C)C(c1ccc(OC(=O)OC(C)(C)C)c(OC(=O)OC(C)(C)C)c1)[C@H](N)C(=O)O. The number of hydrogen-bond acceptors (Lipinski definition) is 10. The minimum absolute atomic E-state index is 0.0900. The van der Waals surface area contributed by atoms with E-state index in [0.29, 0.717) is 12.0 Å². The van der Waals surface area contributed by atoms with E-state index in [1.807, 2.05) is 6.92 Å². The van der Waals surface area contributed by atoms with Crippen LogP contribution in [0.15, 0.2) is 18.2 Å². The molecule has 0 aliphatic heterocycles. The summed E-state index contributed by atoms with van der Waals surface area (Å²) < 4.78 is 26.4. The monoisotopic (exact) mass is 539 g/mol. The maximum absolute atomic E-state index is 12.4. The van der Waals surface area contributed by atoms with Crippen molar-refractivity contribution in [3.05, 3.63) is 23.8 Å². The topological polar surface area (TPSA) is 161 Å². The molecular formula is C27H41NO10. The predicted molar refractivity (Wildman–Crippen MR) is 138 cm³/mol. The van der Waals surface area contributed by atoms with Crippen LogP contribution in [0.5, 0.6) is 11.5 Å². The Morgan fingerprint density at radius 2 is 1.39 bits per heavy atom. The van der Waals surface area contributed by atoms with E-state index in [2.05, 4.69) is 0 Å². The van der Waals surface area contributed by atoms with Gasteiger partial charge in [0.15, 0.2) is 11.5 Å². The van der Waals surface area contributed by atoms with E-state index < -0.39 is 53.3 Å². The Balaban J connectivity index is 3.43. The average molecular weight is 540 g/mol. The summed E-state index contributed by atoms with van der Waals surface area (Å²) in [4.78, 5) is 48.7. The smallest absolute Gasteiger partial charge is 0.480 e. The van der Waals surface area contributed by atoms with Crippen LogP contribution in [0.4, 0.5) is 9.59 Å². The van der Waals surface area contributed by atoms with Crippen LogP contribution in [0.3, 0.4) is 0 Å². The van der Waals surface area contributed by atoms with Crippen molar-refractivity contribution in [3.8, 4) is 11.5 Å². The van der Waals surface area contributed by atoms with Crippen LogP contribution in [0.25, 0.3) is 0 Å². The summed E-state index contributed by atoms with van der Waals surface area (Å²) in [5, 5.41) is 9.67. The van der Waals surface area contributed by atoms with Crippen LogP contribution < -0.4 is 15.2 Å². The van der Waals surface area contributed by atoms with Gasteiger partial charge in [0.05, 0.1) is 12.5 Å². The Kier molecular flexibility index (Phi) is 11.6. The molecule has 0 amide bonds. The molecule has 1 aromatic carbocycles. The fraction of sp³-hybridized carbons (Fsp3) is 0.630. The van der Waals surface area contributed by atoms with Gasteiger partial charge in [0.25, 0.3) is 0 Å². The van der Waals surface area contributed by atoms with Gasteiger partial charge in [0.2, 0.25) is 0 Å². The van der Waals surface area contributed by atoms with Crippen molar-refractivity contribution >= 4 is 24.2 Å². The summed E-state index contributed by atoms with van der Waals surface area (Å²) in [6.45, 7) is 15.1. The number of nitrogens with two attached hydrogens (primary N) is 1. The van der Waals surface area contributed by atoms with Gasteiger partial charge in [-0.05, 0) is 71.6 Å². The number of benzene rings is 1. The molecular weight excluding hydrogens is 498 g/mol. The number of hydrogen-bond donors (Lipinski definition) is 2. The molecule has 0 bridgehead atoms. The summed E-state index contributed by atoms with van der Waals surface area (Å²) in [5.41, 5.74) is 4.67. The molecule has 0 saturated heterocycles. The fourth-order valence-electron chi connectivity index (χ4n) is 3.29. The van der Waals surface area contributed by atoms with Crippen molar-refractivity contribution in [1.82, 2.24) is 0 Å². The van der Waals surface area contributed by atoms with Crippen molar-refractivity contribution in [2.45, 2.75) is 91.9 Å². The molecule has 38 heavy (non-hydrogen) atoms. The number of ether oxygens (including phenoxy) is 5. The van der Waals surface area contributed by atoms with Gasteiger partial charge in [0.1, 0.15) is 17.2 Å². The zero-order chi connectivity index (χ0) is 29.4. The number of carbonyl (C=O) groups is 4. The van der Waals surface area contributed by atoms with Gasteiger partial charge in [-0.25, -0.2) is 9.59 Å². The summed E-state index contributed by atoms with van der Waals surface area (Å²) in [5.74, 6) is -3.78. The van der Waals surface area contributed by atoms with Gasteiger partial charge in [-0.3, -0.25) is 9.59 Å². The Morgan fingerprint density at radius 1 is 0.895 bits per heavy atom. The van der Waals surface area contributed by atoms with Crippen LogP contribution in [-0.2, 0) is 23.8 Å². The van der Waals surface area contributed by atoms with E-state index >= 15 is 0 Å². The molecule has 11 nitrogen and oxygen atoms in total. The third-order valence-corrected chi connectivity index (χ3v) is 5.31. The zero-order valence-corrected chi connectivity index (χ0v) is 23.7. The summed E-state index contributed by atoms with van der Waals surface area (Å²) >= 11 is 0. The van der Waals surface area contributed by atoms with E-state index in [1.165, 1.54) is 18.2 Å². The van der Waals surface area contributed by atoms with Crippen LogP contribution in [0, 0.1) is 11.8 Å². The average Bonchev–Trinajstić information content (AvgIpc) is 2.75. The van der Waals surface area contributed by atoms with Gasteiger partial charge in [0, 0.05) is 5.92 Å². The molecule has 3 N–H and O–H groups in total. The van der Waals surface area contributed by atoms with Crippen LogP contribution in [0.2, 0.25) is 0 Å². The van der Waals surface area contributed by atoms with E-state index in [-0.39, 0.29) is 24.0 Å². The largest absolute Gasteiger partial charge is 0.514 e. The Labute approximate surface area is 223 Å². The second-order valence-electron chi connectivity index (χ2n) is 11.1. The van der Waals surface area contributed by atoms with Crippen molar-refractivity contribution < 1.29 is 48.0 Å². The van der Waals surface area contributed by atoms with Crippen molar-refractivity contribution in [2.24, 2.45) is 17.6 Å². The number of aliphatic carboxylic acids is 1. The Hall–Kier alpha value is -3.34. The first-order valence-corrected chi connectivity index (χ1v) is 12.4. The van der Waals surface area contributed by atoms with Crippen molar-refractivity contribution in [3.63, 3.8) is 0 Å². The van der Waals surface area contributed by atoms with E-state index in [1.54, 1.807) is 55.4 Å². The lowest BCUT2D eigenvalue weighted by atomic mass is 9.82. The normalized spacial score (nSPS) is 14.9. The van der Waals surface area contributed by atoms with Gasteiger partial charge < -0.3 is 34.5 Å². The number of carboxylic acids is 1. The molecule has 0 aliphatic rings. The quantitative estimate of drug-likeness (QED) is 0.233. The van der Waals surface area contributed by atoms with Gasteiger partial charge in [-0.1, -0.05) is 26.8 Å². The minimum Gasteiger partial charge on any atom is -0.480 e. The van der Waals surface area contributed by atoms with Gasteiger partial charge >= 0.3 is 24.2 Å². The first-order valence-electron chi connectivity index (χ1n) is 12.4. The maximum Gasteiger partial charge on any atom is 0.514 e. The van der Waals surface area contributed by atoms with Crippen LogP contribution >= 0.6 is 0 Å². The highest BCUT2D eigenvalue weighted by molar-refractivity contribution is 5.75. The minimum atomic E-state index is -1.39. The molecule has 11 heteroatoms. The lowest BCUT2D eigenvalue weighted by molar-refractivity contribution is -0.149. The zero-order valence-electron chi connectivity index (χ0n) is 23.7. The Bertz CT molecular complexity index is 993. The lowest BCUT2D eigenvalue weighted by Crippen LogP contribution is -2.41. The summed E-state index contributed by atoms with van der Waals surface area (Å²) in [7, 11) is 0. The van der Waals surface area contributed by atoms with Gasteiger partial charge in [-0.2, -0.15) is 0 Å². The fourth-order valence-corrected chi connectivity index (χ4v) is 3.29. The Morgan fingerprint density at radius 3 is 1.84 bits per heavy atom. The molecule has 4 atom stereocenters. The summed E-state index contributed by atoms with van der Waals surface area (Å²) in [6.07, 6.45) is -1.52. The molecule has 214 valence electrons. The third kappa shape index (κ3) is 11.0. The second kappa shape index (κ2) is 13.5. The molecule has 0 aliphatic carbocycles.